The molecule has 0 aromatic heterocycles. The van der Waals surface area contributed by atoms with E-state index in [4.69, 9.17) is 0 Å². The first-order chi connectivity index (χ1) is 7.86. The summed E-state index contributed by atoms with van der Waals surface area (Å²) < 4.78 is 0. The molecule has 0 fully saturated rings. The van der Waals surface area contributed by atoms with E-state index in [1.165, 1.54) is 43.3 Å². The number of aliphatic hydroxyl groups excluding tert-OH is 1. The van der Waals surface area contributed by atoms with Gasteiger partial charge in [-0.25, -0.2) is 0 Å². The van der Waals surface area contributed by atoms with Crippen LogP contribution in [0.25, 0.3) is 0 Å². The average Bonchev–Trinajstić information content (AvgIpc) is 2.43. The van der Waals surface area contributed by atoms with Crippen LogP contribution in [0.4, 0.5) is 0 Å². The van der Waals surface area contributed by atoms with Crippen LogP contribution in [0, 0.1) is 0 Å². The van der Waals surface area contributed by atoms with Crippen molar-refractivity contribution < 1.29 is 5.11 Å². The van der Waals surface area contributed by atoms with E-state index in [1.54, 1.807) is 12.2 Å². The van der Waals surface area contributed by atoms with E-state index < -0.39 is 0 Å². The van der Waals surface area contributed by atoms with Gasteiger partial charge in [0, 0.05) is 6.08 Å². The van der Waals surface area contributed by atoms with Crippen molar-refractivity contribution in [2.75, 3.05) is 0 Å². The molecule has 0 radical (unpaired) electrons. The third kappa shape index (κ3) is 3.01. The number of allylic oxidation sites excluding steroid dienone is 6. The first kappa shape index (κ1) is 11.0. The summed E-state index contributed by atoms with van der Waals surface area (Å²) in [4.78, 5) is 0. The van der Waals surface area contributed by atoms with Crippen LogP contribution in [0.5, 0.6) is 0 Å². The van der Waals surface area contributed by atoms with E-state index in [1.807, 2.05) is 12.2 Å². The Morgan fingerprint density at radius 1 is 1.00 bits per heavy atom. The van der Waals surface area contributed by atoms with Crippen molar-refractivity contribution >= 4 is 0 Å². The van der Waals surface area contributed by atoms with Crippen LogP contribution in [0.3, 0.4) is 0 Å². The Hall–Kier alpha value is -1.46. The Kier molecular flexibility index (Phi) is 3.85. The summed E-state index contributed by atoms with van der Waals surface area (Å²) in [7, 11) is 0. The van der Waals surface area contributed by atoms with Crippen molar-refractivity contribution in [3.8, 4) is 0 Å². The first-order valence-corrected chi connectivity index (χ1v) is 6.09. The van der Waals surface area contributed by atoms with Crippen LogP contribution >= 0.6 is 0 Å². The van der Waals surface area contributed by atoms with Crippen molar-refractivity contribution in [3.63, 3.8) is 0 Å². The summed E-state index contributed by atoms with van der Waals surface area (Å²) in [6.45, 7) is 0. The smallest absolute Gasteiger partial charge is 0.123 e. The average molecular weight is 214 g/mol. The molecule has 0 bridgehead atoms. The number of hydrogen-bond acceptors (Lipinski definition) is 1. The highest BCUT2D eigenvalue weighted by molar-refractivity contribution is 5.44. The molecule has 0 saturated heterocycles. The zero-order chi connectivity index (χ0) is 11.2. The molecule has 0 amide bonds. The number of aliphatic hydroxyl groups is 1. The quantitative estimate of drug-likeness (QED) is 0.643. The predicted octanol–water partition coefficient (Wildman–Crippen LogP) is 4.36. The van der Waals surface area contributed by atoms with Crippen molar-refractivity contribution in [2.24, 2.45) is 0 Å². The van der Waals surface area contributed by atoms with Gasteiger partial charge in [0.1, 0.15) is 5.76 Å². The van der Waals surface area contributed by atoms with Gasteiger partial charge < -0.3 is 5.11 Å². The van der Waals surface area contributed by atoms with Gasteiger partial charge in [0.05, 0.1) is 0 Å². The topological polar surface area (TPSA) is 20.2 Å². The van der Waals surface area contributed by atoms with E-state index in [0.29, 0.717) is 0 Å². The molecule has 1 heteroatoms. The Labute approximate surface area is 97.2 Å². The van der Waals surface area contributed by atoms with E-state index in [2.05, 4.69) is 11.8 Å². The highest BCUT2D eigenvalue weighted by Gasteiger charge is 2.05. The lowest BCUT2D eigenvalue weighted by molar-refractivity contribution is 0.433. The van der Waals surface area contributed by atoms with Crippen molar-refractivity contribution in [3.05, 3.63) is 53.0 Å². The molecule has 1 nitrogen and oxygen atoms in total. The molecule has 1 N–H and O–H groups in total. The maximum atomic E-state index is 9.36. The fourth-order valence-corrected chi connectivity index (χ4v) is 2.14. The molecule has 0 aromatic carbocycles. The summed E-state index contributed by atoms with van der Waals surface area (Å²) in [5.41, 5.74) is 5.61. The van der Waals surface area contributed by atoms with Crippen LogP contribution in [0.1, 0.15) is 38.5 Å². The van der Waals surface area contributed by atoms with Gasteiger partial charge in [-0.2, -0.15) is 0 Å². The summed E-state index contributed by atoms with van der Waals surface area (Å²) in [6.07, 6.45) is 17.3. The minimum atomic E-state index is 0.276. The van der Waals surface area contributed by atoms with Gasteiger partial charge in [-0.05, 0) is 49.0 Å². The molecule has 0 unspecified atom stereocenters. The van der Waals surface area contributed by atoms with E-state index in [9.17, 15) is 5.11 Å². The van der Waals surface area contributed by atoms with Gasteiger partial charge in [-0.15, -0.1) is 5.73 Å². The SMILES string of the molecule is OC1=CC=C(/C2=C/CCCCCC2)C=C=C1. The van der Waals surface area contributed by atoms with Gasteiger partial charge in [-0.3, -0.25) is 0 Å². The van der Waals surface area contributed by atoms with Crippen LogP contribution in [0.15, 0.2) is 53.0 Å². The minimum Gasteiger partial charge on any atom is -0.507 e. The lowest BCUT2D eigenvalue weighted by Crippen LogP contribution is -1.92. The minimum absolute atomic E-state index is 0.276. The Balaban J connectivity index is 2.20. The Morgan fingerprint density at radius 2 is 1.88 bits per heavy atom. The van der Waals surface area contributed by atoms with E-state index in [-0.39, 0.29) is 5.76 Å². The lowest BCUT2D eigenvalue weighted by atomic mass is 9.94. The van der Waals surface area contributed by atoms with Crippen molar-refractivity contribution in [2.45, 2.75) is 38.5 Å². The summed E-state index contributed by atoms with van der Waals surface area (Å²) in [5, 5.41) is 9.36. The van der Waals surface area contributed by atoms with Crippen LogP contribution < -0.4 is 0 Å². The molecule has 2 rings (SSSR count). The van der Waals surface area contributed by atoms with Gasteiger partial charge in [0.2, 0.25) is 0 Å². The number of hydrogen-bond donors (Lipinski definition) is 1. The maximum Gasteiger partial charge on any atom is 0.123 e. The zero-order valence-electron chi connectivity index (χ0n) is 9.58. The van der Waals surface area contributed by atoms with Gasteiger partial charge in [0.25, 0.3) is 0 Å². The molecule has 0 heterocycles. The molecule has 0 saturated carbocycles. The largest absolute Gasteiger partial charge is 0.507 e. The number of rotatable bonds is 1. The zero-order valence-corrected chi connectivity index (χ0v) is 9.58. The third-order valence-electron chi connectivity index (χ3n) is 3.07. The molecule has 0 spiro atoms. The van der Waals surface area contributed by atoms with Crippen LogP contribution in [-0.2, 0) is 0 Å². The monoisotopic (exact) mass is 214 g/mol. The second-order valence-corrected chi connectivity index (χ2v) is 4.35. The van der Waals surface area contributed by atoms with Crippen molar-refractivity contribution in [1.82, 2.24) is 0 Å². The highest BCUT2D eigenvalue weighted by Crippen LogP contribution is 2.24. The Bertz CT molecular complexity index is 401. The third-order valence-corrected chi connectivity index (χ3v) is 3.07. The van der Waals surface area contributed by atoms with Crippen molar-refractivity contribution in [1.29, 1.82) is 0 Å². The standard InChI is InChI=1S/C15H18O/c16-15-10-6-9-14(11-12-15)13-7-4-2-1-3-5-8-13/h7,9-12,16H,1-5,8H2/b13-7+. The molecule has 84 valence electrons. The molecular formula is C15H18O. The van der Waals surface area contributed by atoms with E-state index >= 15 is 0 Å². The first-order valence-electron chi connectivity index (χ1n) is 6.09. The normalized spacial score (nSPS) is 24.6. The predicted molar refractivity (Wildman–Crippen MR) is 67.2 cm³/mol. The molecular weight excluding hydrogens is 196 g/mol. The molecule has 0 aromatic rings. The van der Waals surface area contributed by atoms with Gasteiger partial charge in [0.15, 0.2) is 0 Å². The second-order valence-electron chi connectivity index (χ2n) is 4.35. The molecule has 2 aliphatic rings. The fourth-order valence-electron chi connectivity index (χ4n) is 2.14. The molecule has 16 heavy (non-hydrogen) atoms. The molecule has 0 atom stereocenters. The van der Waals surface area contributed by atoms with E-state index in [0.717, 1.165) is 6.42 Å². The van der Waals surface area contributed by atoms with Gasteiger partial charge in [-0.1, -0.05) is 25.0 Å². The highest BCUT2D eigenvalue weighted by atomic mass is 16.3. The molecule has 2 aliphatic carbocycles. The molecule has 0 aliphatic heterocycles. The summed E-state index contributed by atoms with van der Waals surface area (Å²) in [5.74, 6) is 0.276. The second kappa shape index (κ2) is 5.58. The van der Waals surface area contributed by atoms with Crippen LogP contribution in [0.2, 0.25) is 0 Å². The maximum absolute atomic E-state index is 9.36. The summed E-state index contributed by atoms with van der Waals surface area (Å²) >= 11 is 0. The Morgan fingerprint density at radius 3 is 2.81 bits per heavy atom. The summed E-state index contributed by atoms with van der Waals surface area (Å²) in [6, 6.07) is 0. The lowest BCUT2D eigenvalue weighted by Gasteiger charge is -2.11. The fraction of sp³-hybridized carbons (Fsp3) is 0.400. The van der Waals surface area contributed by atoms with Gasteiger partial charge >= 0.3 is 0 Å². The van der Waals surface area contributed by atoms with Crippen LogP contribution in [-0.4, -0.2) is 5.11 Å².